The summed E-state index contributed by atoms with van der Waals surface area (Å²) in [4.78, 5) is 0. The van der Waals surface area contributed by atoms with Crippen LogP contribution in [0, 0.1) is 47.3 Å². The van der Waals surface area contributed by atoms with Gasteiger partial charge in [-0.05, 0) is 97.0 Å². The Bertz CT molecular complexity index is 508. The van der Waals surface area contributed by atoms with E-state index in [0.29, 0.717) is 0 Å². The molecule has 10 atom stereocenters. The van der Waals surface area contributed by atoms with Gasteiger partial charge in [0, 0.05) is 0 Å². The van der Waals surface area contributed by atoms with Gasteiger partial charge in [0.25, 0.3) is 0 Å². The van der Waals surface area contributed by atoms with Gasteiger partial charge in [-0.3, -0.25) is 0 Å². The summed E-state index contributed by atoms with van der Waals surface area (Å²) in [6, 6.07) is 0. The minimum absolute atomic E-state index is 0.196. The molecular formula is C27H45Si. The van der Waals surface area contributed by atoms with Crippen molar-refractivity contribution in [3.63, 3.8) is 0 Å². The zero-order valence-electron chi connectivity index (χ0n) is 18.6. The highest BCUT2D eigenvalue weighted by atomic mass is 28.3. The summed E-state index contributed by atoms with van der Waals surface area (Å²) in [5.74, 6) is 9.36. The smallest absolute Gasteiger partial charge is 0.0518 e. The Morgan fingerprint density at radius 3 is 1.32 bits per heavy atom. The third kappa shape index (κ3) is 3.03. The lowest BCUT2D eigenvalue weighted by atomic mass is 9.62. The third-order valence-corrected chi connectivity index (χ3v) is 15.3. The lowest BCUT2D eigenvalue weighted by molar-refractivity contribution is 0.0605. The highest BCUT2D eigenvalue weighted by molar-refractivity contribution is 6.61. The van der Waals surface area contributed by atoms with Gasteiger partial charge in [-0.2, -0.15) is 0 Å². The summed E-state index contributed by atoms with van der Waals surface area (Å²) in [7, 11) is -0.196. The second kappa shape index (κ2) is 7.72. The molecule has 0 nitrogen and oxygen atoms in total. The molecule has 6 aliphatic carbocycles. The first-order valence-corrected chi connectivity index (χ1v) is 15.8. The molecule has 0 aromatic carbocycles. The molecule has 6 rings (SSSR count). The average molecular weight is 398 g/mol. The van der Waals surface area contributed by atoms with Crippen LogP contribution in [-0.4, -0.2) is 8.80 Å². The highest BCUT2D eigenvalue weighted by Gasteiger charge is 2.53. The average Bonchev–Trinajstić information content (AvgIpc) is 3.42. The van der Waals surface area contributed by atoms with Crippen LogP contribution >= 0.6 is 0 Å². The van der Waals surface area contributed by atoms with Crippen LogP contribution in [0.5, 0.6) is 0 Å². The summed E-state index contributed by atoms with van der Waals surface area (Å²) in [6.45, 7) is 2.89. The van der Waals surface area contributed by atoms with Crippen LogP contribution in [0.25, 0.3) is 0 Å². The summed E-state index contributed by atoms with van der Waals surface area (Å²) in [5.41, 5.74) is 2.42. The summed E-state index contributed by atoms with van der Waals surface area (Å²) in [5, 5.41) is 0. The number of fused-ring (bicyclic) bond motifs is 6. The molecule has 1 heteroatoms. The maximum Gasteiger partial charge on any atom is 0.0518 e. The predicted molar refractivity (Wildman–Crippen MR) is 121 cm³/mol. The summed E-state index contributed by atoms with van der Waals surface area (Å²) in [6.07, 6.45) is 25.8. The molecule has 6 saturated carbocycles. The van der Waals surface area contributed by atoms with Crippen molar-refractivity contribution in [3.05, 3.63) is 0 Å². The van der Waals surface area contributed by atoms with Gasteiger partial charge < -0.3 is 0 Å². The van der Waals surface area contributed by atoms with Gasteiger partial charge in [0.1, 0.15) is 0 Å². The fraction of sp³-hybridized carbons (Fsp3) is 1.00. The minimum Gasteiger partial charge on any atom is -0.0706 e. The Morgan fingerprint density at radius 1 is 0.429 bits per heavy atom. The molecule has 6 fully saturated rings. The summed E-state index contributed by atoms with van der Waals surface area (Å²) >= 11 is 0. The molecule has 1 radical (unpaired) electrons. The number of hydrogen-bond donors (Lipinski definition) is 0. The van der Waals surface area contributed by atoms with Crippen LogP contribution in [0.3, 0.4) is 0 Å². The molecule has 0 spiro atoms. The van der Waals surface area contributed by atoms with E-state index in [1.165, 1.54) is 46.6 Å². The zero-order valence-corrected chi connectivity index (χ0v) is 19.6. The molecular weight excluding hydrogens is 352 g/mol. The predicted octanol–water partition coefficient (Wildman–Crippen LogP) is 8.10. The van der Waals surface area contributed by atoms with Crippen molar-refractivity contribution in [2.24, 2.45) is 47.3 Å². The van der Waals surface area contributed by atoms with Crippen LogP contribution < -0.4 is 0 Å². The molecule has 28 heavy (non-hydrogen) atoms. The van der Waals surface area contributed by atoms with Gasteiger partial charge >= 0.3 is 0 Å². The fourth-order valence-corrected chi connectivity index (χ4v) is 14.7. The zero-order chi connectivity index (χ0) is 18.7. The van der Waals surface area contributed by atoms with Crippen LogP contribution in [0.2, 0.25) is 17.6 Å². The van der Waals surface area contributed by atoms with E-state index < -0.39 is 0 Å². The topological polar surface area (TPSA) is 0 Å². The lowest BCUT2D eigenvalue weighted by Gasteiger charge is -2.53. The van der Waals surface area contributed by atoms with E-state index in [4.69, 9.17) is 0 Å². The first-order valence-electron chi connectivity index (χ1n) is 13.6. The van der Waals surface area contributed by atoms with Crippen molar-refractivity contribution in [1.29, 1.82) is 0 Å². The normalized spacial score (nSPS) is 53.4. The van der Waals surface area contributed by atoms with E-state index in [-0.39, 0.29) is 8.80 Å². The van der Waals surface area contributed by atoms with Crippen molar-refractivity contribution >= 4 is 8.80 Å². The molecule has 0 bridgehead atoms. The van der Waals surface area contributed by atoms with Crippen molar-refractivity contribution in [2.75, 3.05) is 0 Å². The van der Waals surface area contributed by atoms with Crippen molar-refractivity contribution < 1.29 is 0 Å². The van der Waals surface area contributed by atoms with Crippen LogP contribution in [0.4, 0.5) is 0 Å². The molecule has 0 heterocycles. The standard InChI is InChI=1S/C27H45Si/c1-28(26-16-18-8-2-4-10-20(18)22-12-6-14-24(22)26)27-17-19-9-3-5-11-21(19)23-13-7-15-25(23)27/h18-27H,2-17H2,1H3. The molecule has 0 amide bonds. The van der Waals surface area contributed by atoms with E-state index >= 15 is 0 Å². The van der Waals surface area contributed by atoms with Crippen LogP contribution in [0.15, 0.2) is 0 Å². The van der Waals surface area contributed by atoms with Gasteiger partial charge in [-0.1, -0.05) is 70.8 Å². The van der Waals surface area contributed by atoms with Gasteiger partial charge in [0.2, 0.25) is 0 Å². The Morgan fingerprint density at radius 2 is 0.821 bits per heavy atom. The van der Waals surface area contributed by atoms with Crippen molar-refractivity contribution in [3.8, 4) is 0 Å². The van der Waals surface area contributed by atoms with E-state index in [9.17, 15) is 0 Å². The SMILES string of the molecule is C[Si](C1CC2CCCCC2C2CCCC21)C1CC2CCCCC2C2CCCC21. The Kier molecular flexibility index (Phi) is 5.22. The second-order valence-corrected chi connectivity index (χ2v) is 15.3. The lowest BCUT2D eigenvalue weighted by Crippen LogP contribution is -2.47. The molecule has 10 unspecified atom stereocenters. The quantitative estimate of drug-likeness (QED) is 0.413. The van der Waals surface area contributed by atoms with Gasteiger partial charge in [-0.15, -0.1) is 0 Å². The molecule has 0 aromatic rings. The van der Waals surface area contributed by atoms with Gasteiger partial charge in [-0.25, -0.2) is 0 Å². The van der Waals surface area contributed by atoms with E-state index in [0.717, 1.165) is 11.8 Å². The van der Waals surface area contributed by atoms with E-state index in [1.807, 2.05) is 0 Å². The molecule has 0 aliphatic heterocycles. The first kappa shape index (κ1) is 18.9. The van der Waals surface area contributed by atoms with E-state index in [2.05, 4.69) is 6.55 Å². The number of rotatable bonds is 2. The van der Waals surface area contributed by atoms with Gasteiger partial charge in [0.15, 0.2) is 0 Å². The van der Waals surface area contributed by atoms with E-state index in [1.54, 1.807) is 103 Å². The van der Waals surface area contributed by atoms with Crippen LogP contribution in [-0.2, 0) is 0 Å². The highest BCUT2D eigenvalue weighted by Crippen LogP contribution is 2.63. The Balaban J connectivity index is 1.25. The monoisotopic (exact) mass is 397 g/mol. The Labute approximate surface area is 176 Å². The second-order valence-electron chi connectivity index (χ2n) is 12.4. The molecule has 0 N–H and O–H groups in total. The summed E-state index contributed by atoms with van der Waals surface area (Å²) < 4.78 is 0. The molecule has 0 aromatic heterocycles. The van der Waals surface area contributed by atoms with Crippen molar-refractivity contribution in [2.45, 2.75) is 120 Å². The maximum absolute atomic E-state index is 2.89. The van der Waals surface area contributed by atoms with Crippen molar-refractivity contribution in [1.82, 2.24) is 0 Å². The third-order valence-electron chi connectivity index (χ3n) is 11.6. The molecule has 157 valence electrons. The van der Waals surface area contributed by atoms with Crippen LogP contribution in [0.1, 0.15) is 103 Å². The Hall–Kier alpha value is 0.217. The molecule has 0 saturated heterocycles. The first-order chi connectivity index (χ1) is 13.8. The minimum atomic E-state index is -0.196. The number of hydrogen-bond acceptors (Lipinski definition) is 0. The largest absolute Gasteiger partial charge is 0.0706 e. The fourth-order valence-electron chi connectivity index (χ4n) is 10.6. The van der Waals surface area contributed by atoms with Gasteiger partial charge in [0.05, 0.1) is 8.80 Å². The molecule has 6 aliphatic rings. The maximum atomic E-state index is 2.89.